The van der Waals surface area contributed by atoms with Crippen molar-refractivity contribution in [3.05, 3.63) is 48.7 Å². The fraction of sp³-hybridized carbons (Fsp3) is 0.381. The number of nitrogens with zero attached hydrogens (tertiary/aromatic N) is 2. The second-order valence-electron chi connectivity index (χ2n) is 8.04. The minimum atomic E-state index is -0.840. The number of carbonyl (C=O) groups excluding carboxylic acids is 2. The molecule has 0 atom stereocenters. The first-order valence-corrected chi connectivity index (χ1v) is 8.74. The summed E-state index contributed by atoms with van der Waals surface area (Å²) >= 11 is 0. The molecule has 0 fully saturated rings. The van der Waals surface area contributed by atoms with Gasteiger partial charge in [-0.15, -0.1) is 0 Å². The van der Waals surface area contributed by atoms with Crippen LogP contribution < -0.4 is 4.90 Å². The van der Waals surface area contributed by atoms with Crippen molar-refractivity contribution >= 4 is 18.0 Å². The lowest BCUT2D eigenvalue weighted by molar-refractivity contribution is 0.0429. The van der Waals surface area contributed by atoms with Crippen molar-refractivity contribution in [2.24, 2.45) is 0 Å². The van der Waals surface area contributed by atoms with E-state index in [4.69, 9.17) is 9.47 Å². The molecule has 144 valence electrons. The van der Waals surface area contributed by atoms with Crippen LogP contribution in [0.3, 0.4) is 0 Å². The lowest BCUT2D eigenvalue weighted by Gasteiger charge is -2.28. The molecule has 27 heavy (non-hydrogen) atoms. The molecule has 6 heteroatoms. The fourth-order valence-electron chi connectivity index (χ4n) is 2.28. The summed E-state index contributed by atoms with van der Waals surface area (Å²) in [5.74, 6) is 0.159. The quantitative estimate of drug-likeness (QED) is 0.705. The van der Waals surface area contributed by atoms with E-state index in [-0.39, 0.29) is 5.82 Å². The third-order valence-electron chi connectivity index (χ3n) is 3.24. The van der Waals surface area contributed by atoms with Crippen molar-refractivity contribution < 1.29 is 19.1 Å². The van der Waals surface area contributed by atoms with Gasteiger partial charge in [0.2, 0.25) is 0 Å². The second kappa shape index (κ2) is 7.78. The standard InChI is InChI=1S/C21H26N2O4/c1-20(2,3)26-18(24)23(19(25)27-21(4,5)6)17-16(13-10-14-22-17)15-11-8-7-9-12-15/h7-14H,1-6H3. The smallest absolute Gasteiger partial charge is 0.425 e. The van der Waals surface area contributed by atoms with Crippen molar-refractivity contribution in [2.75, 3.05) is 4.90 Å². The molecular weight excluding hydrogens is 344 g/mol. The van der Waals surface area contributed by atoms with E-state index in [0.717, 1.165) is 10.5 Å². The topological polar surface area (TPSA) is 68.7 Å². The summed E-state index contributed by atoms with van der Waals surface area (Å²) in [6.07, 6.45) is -0.163. The van der Waals surface area contributed by atoms with E-state index in [2.05, 4.69) is 4.98 Å². The highest BCUT2D eigenvalue weighted by molar-refractivity contribution is 6.11. The van der Waals surface area contributed by atoms with E-state index < -0.39 is 23.4 Å². The molecule has 0 spiro atoms. The highest BCUT2D eigenvalue weighted by Crippen LogP contribution is 2.30. The summed E-state index contributed by atoms with van der Waals surface area (Å²) in [4.78, 5) is 30.8. The van der Waals surface area contributed by atoms with Crippen LogP contribution in [0.25, 0.3) is 11.1 Å². The van der Waals surface area contributed by atoms with Gasteiger partial charge < -0.3 is 9.47 Å². The van der Waals surface area contributed by atoms with Gasteiger partial charge in [-0.2, -0.15) is 4.90 Å². The van der Waals surface area contributed by atoms with Crippen LogP contribution in [-0.4, -0.2) is 28.4 Å². The number of anilines is 1. The number of amides is 2. The molecule has 0 saturated carbocycles. The summed E-state index contributed by atoms with van der Waals surface area (Å²) in [5.41, 5.74) is -0.120. The van der Waals surface area contributed by atoms with Crippen molar-refractivity contribution in [1.29, 1.82) is 0 Å². The van der Waals surface area contributed by atoms with Crippen LogP contribution in [0.1, 0.15) is 41.5 Å². The van der Waals surface area contributed by atoms with Gasteiger partial charge in [0.05, 0.1) is 0 Å². The van der Waals surface area contributed by atoms with Gasteiger partial charge in [-0.05, 0) is 59.2 Å². The Labute approximate surface area is 160 Å². The predicted octanol–water partition coefficient (Wildman–Crippen LogP) is 5.43. The molecule has 6 nitrogen and oxygen atoms in total. The molecule has 0 unspecified atom stereocenters. The molecule has 1 heterocycles. The largest absolute Gasteiger partial charge is 0.443 e. The van der Waals surface area contributed by atoms with Crippen LogP contribution in [0, 0.1) is 0 Å². The van der Waals surface area contributed by atoms with Crippen LogP contribution in [0.15, 0.2) is 48.7 Å². The first kappa shape index (κ1) is 20.4. The van der Waals surface area contributed by atoms with Gasteiger partial charge in [0.15, 0.2) is 5.82 Å². The molecule has 0 aliphatic heterocycles. The maximum Gasteiger partial charge on any atom is 0.425 e. The fourth-order valence-corrected chi connectivity index (χ4v) is 2.28. The molecule has 0 radical (unpaired) electrons. The van der Waals surface area contributed by atoms with Crippen LogP contribution in [0.2, 0.25) is 0 Å². The molecule has 2 rings (SSSR count). The Morgan fingerprint density at radius 3 is 1.81 bits per heavy atom. The minimum absolute atomic E-state index is 0.159. The van der Waals surface area contributed by atoms with Gasteiger partial charge in [0.25, 0.3) is 0 Å². The van der Waals surface area contributed by atoms with Gasteiger partial charge in [-0.1, -0.05) is 30.3 Å². The summed E-state index contributed by atoms with van der Waals surface area (Å²) in [6.45, 7) is 10.4. The van der Waals surface area contributed by atoms with Crippen molar-refractivity contribution in [3.8, 4) is 11.1 Å². The first-order valence-electron chi connectivity index (χ1n) is 8.74. The highest BCUT2D eigenvalue weighted by atomic mass is 16.6. The maximum atomic E-state index is 12.8. The van der Waals surface area contributed by atoms with Gasteiger partial charge in [0, 0.05) is 11.8 Å². The number of pyridine rings is 1. The summed E-state index contributed by atoms with van der Waals surface area (Å²) < 4.78 is 10.9. The zero-order chi connectivity index (χ0) is 20.2. The lowest BCUT2D eigenvalue weighted by atomic mass is 10.1. The van der Waals surface area contributed by atoms with E-state index in [1.54, 1.807) is 53.7 Å². The molecule has 2 aromatic rings. The number of rotatable bonds is 2. The summed E-state index contributed by atoms with van der Waals surface area (Å²) in [5, 5.41) is 0. The first-order chi connectivity index (χ1) is 12.5. The Morgan fingerprint density at radius 2 is 1.33 bits per heavy atom. The molecular formula is C21H26N2O4. The van der Waals surface area contributed by atoms with Crippen molar-refractivity contribution in [1.82, 2.24) is 4.98 Å². The number of carbonyl (C=O) groups is 2. The average Bonchev–Trinajstić information content (AvgIpc) is 2.53. The molecule has 2 amide bonds. The zero-order valence-electron chi connectivity index (χ0n) is 16.6. The zero-order valence-corrected chi connectivity index (χ0v) is 16.6. The third kappa shape index (κ3) is 5.81. The van der Waals surface area contributed by atoms with Crippen molar-refractivity contribution in [2.45, 2.75) is 52.7 Å². The SMILES string of the molecule is CC(C)(C)OC(=O)N(C(=O)OC(C)(C)C)c1ncccc1-c1ccccc1. The van der Waals surface area contributed by atoms with E-state index in [9.17, 15) is 9.59 Å². The molecule has 0 bridgehead atoms. The molecule has 0 aliphatic rings. The Kier molecular flexibility index (Phi) is 5.88. The monoisotopic (exact) mass is 370 g/mol. The molecule has 0 N–H and O–H groups in total. The maximum absolute atomic E-state index is 12.8. The Balaban J connectivity index is 2.54. The van der Waals surface area contributed by atoms with E-state index in [1.165, 1.54) is 6.20 Å². The number of ether oxygens (including phenoxy) is 2. The molecule has 0 saturated heterocycles. The van der Waals surface area contributed by atoms with Crippen LogP contribution in [0.5, 0.6) is 0 Å². The minimum Gasteiger partial charge on any atom is -0.443 e. The predicted molar refractivity (Wildman–Crippen MR) is 105 cm³/mol. The number of hydrogen-bond acceptors (Lipinski definition) is 5. The van der Waals surface area contributed by atoms with E-state index in [0.29, 0.717) is 5.56 Å². The van der Waals surface area contributed by atoms with E-state index >= 15 is 0 Å². The normalized spacial score (nSPS) is 11.6. The lowest BCUT2D eigenvalue weighted by Crippen LogP contribution is -2.44. The van der Waals surface area contributed by atoms with E-state index in [1.807, 2.05) is 30.3 Å². The number of benzene rings is 1. The third-order valence-corrected chi connectivity index (χ3v) is 3.24. The molecule has 1 aromatic carbocycles. The Hall–Kier alpha value is -2.89. The second-order valence-corrected chi connectivity index (χ2v) is 8.04. The Bertz CT molecular complexity index is 777. The van der Waals surface area contributed by atoms with Gasteiger partial charge in [-0.25, -0.2) is 14.6 Å². The molecule has 1 aromatic heterocycles. The highest BCUT2D eigenvalue weighted by Gasteiger charge is 2.35. The summed E-state index contributed by atoms with van der Waals surface area (Å²) in [7, 11) is 0. The van der Waals surface area contributed by atoms with Crippen molar-refractivity contribution in [3.63, 3.8) is 0 Å². The molecule has 0 aliphatic carbocycles. The Morgan fingerprint density at radius 1 is 0.815 bits per heavy atom. The number of aromatic nitrogens is 1. The average molecular weight is 370 g/mol. The van der Waals surface area contributed by atoms with Crippen LogP contribution in [-0.2, 0) is 9.47 Å². The number of hydrogen-bond donors (Lipinski definition) is 0. The van der Waals surface area contributed by atoms with Crippen LogP contribution in [0.4, 0.5) is 15.4 Å². The number of imide groups is 1. The van der Waals surface area contributed by atoms with Gasteiger partial charge in [-0.3, -0.25) is 0 Å². The summed E-state index contributed by atoms with van der Waals surface area (Å²) in [6, 6.07) is 12.9. The van der Waals surface area contributed by atoms with Crippen LogP contribution >= 0.6 is 0 Å². The van der Waals surface area contributed by atoms with Gasteiger partial charge in [0.1, 0.15) is 11.2 Å². The van der Waals surface area contributed by atoms with Gasteiger partial charge >= 0.3 is 12.2 Å².